The second-order valence-corrected chi connectivity index (χ2v) is 4.96. The van der Waals surface area contributed by atoms with Crippen LogP contribution in [0.3, 0.4) is 0 Å². The SMILES string of the molecule is CC1CCN(C(=O)CC2CNCCO2)CC1. The van der Waals surface area contributed by atoms with Crippen LogP contribution in [-0.2, 0) is 9.53 Å². The number of hydrogen-bond acceptors (Lipinski definition) is 3. The standard InChI is InChI=1S/C12H22N2O2/c1-10-2-5-14(6-3-10)12(15)8-11-9-13-4-7-16-11/h10-11,13H,2-9H2,1H3. The number of nitrogens with one attached hydrogen (secondary N) is 1. The zero-order valence-electron chi connectivity index (χ0n) is 10.1. The molecule has 0 bridgehead atoms. The number of ether oxygens (including phenoxy) is 1. The number of nitrogens with zero attached hydrogens (tertiary/aromatic N) is 1. The number of piperidine rings is 1. The van der Waals surface area contributed by atoms with Crippen LogP contribution < -0.4 is 5.32 Å². The Bertz CT molecular complexity index is 231. The van der Waals surface area contributed by atoms with Crippen LogP contribution in [0.5, 0.6) is 0 Å². The topological polar surface area (TPSA) is 41.6 Å². The summed E-state index contributed by atoms with van der Waals surface area (Å²) in [7, 11) is 0. The monoisotopic (exact) mass is 226 g/mol. The quantitative estimate of drug-likeness (QED) is 0.750. The van der Waals surface area contributed by atoms with Crippen molar-refractivity contribution in [3.8, 4) is 0 Å². The highest BCUT2D eigenvalue weighted by Gasteiger charge is 2.24. The van der Waals surface area contributed by atoms with Crippen molar-refractivity contribution in [2.45, 2.75) is 32.3 Å². The number of carbonyl (C=O) groups is 1. The van der Waals surface area contributed by atoms with Crippen molar-refractivity contribution in [3.05, 3.63) is 0 Å². The third kappa shape index (κ3) is 3.19. The molecule has 2 fully saturated rings. The molecule has 4 heteroatoms. The molecule has 2 saturated heterocycles. The van der Waals surface area contributed by atoms with Gasteiger partial charge in [0, 0.05) is 26.2 Å². The number of likely N-dealkylation sites (tertiary alicyclic amines) is 1. The summed E-state index contributed by atoms with van der Waals surface area (Å²) >= 11 is 0. The molecule has 2 heterocycles. The summed E-state index contributed by atoms with van der Waals surface area (Å²) in [6.07, 6.45) is 2.92. The first-order valence-electron chi connectivity index (χ1n) is 6.36. The molecule has 0 aromatic carbocycles. The molecule has 4 nitrogen and oxygen atoms in total. The molecule has 0 radical (unpaired) electrons. The van der Waals surface area contributed by atoms with Gasteiger partial charge in [0.2, 0.25) is 5.91 Å². The molecule has 16 heavy (non-hydrogen) atoms. The highest BCUT2D eigenvalue weighted by Crippen LogP contribution is 2.17. The van der Waals surface area contributed by atoms with Crippen molar-refractivity contribution < 1.29 is 9.53 Å². The van der Waals surface area contributed by atoms with Gasteiger partial charge in [0.15, 0.2) is 0 Å². The molecule has 0 aromatic rings. The van der Waals surface area contributed by atoms with Crippen LogP contribution >= 0.6 is 0 Å². The smallest absolute Gasteiger partial charge is 0.225 e. The van der Waals surface area contributed by atoms with Crippen LogP contribution in [0.2, 0.25) is 0 Å². The average Bonchev–Trinajstić information content (AvgIpc) is 2.31. The zero-order valence-corrected chi connectivity index (χ0v) is 10.1. The fraction of sp³-hybridized carbons (Fsp3) is 0.917. The highest BCUT2D eigenvalue weighted by molar-refractivity contribution is 5.76. The number of morpholine rings is 1. The average molecular weight is 226 g/mol. The van der Waals surface area contributed by atoms with Crippen LogP contribution in [0.25, 0.3) is 0 Å². The van der Waals surface area contributed by atoms with E-state index in [2.05, 4.69) is 12.2 Å². The van der Waals surface area contributed by atoms with Crippen LogP contribution in [0.4, 0.5) is 0 Å². The summed E-state index contributed by atoms with van der Waals surface area (Å²) in [5.74, 6) is 1.04. The summed E-state index contributed by atoms with van der Waals surface area (Å²) in [6.45, 7) is 6.58. The maximum Gasteiger partial charge on any atom is 0.225 e. The molecule has 2 aliphatic heterocycles. The van der Waals surface area contributed by atoms with Gasteiger partial charge in [-0.15, -0.1) is 0 Å². The van der Waals surface area contributed by atoms with Gasteiger partial charge in [-0.3, -0.25) is 4.79 Å². The van der Waals surface area contributed by atoms with E-state index in [1.165, 1.54) is 0 Å². The molecule has 1 atom stereocenters. The van der Waals surface area contributed by atoms with Gasteiger partial charge in [-0.05, 0) is 18.8 Å². The summed E-state index contributed by atoms with van der Waals surface area (Å²) in [4.78, 5) is 14.0. The van der Waals surface area contributed by atoms with E-state index < -0.39 is 0 Å². The molecule has 0 spiro atoms. The van der Waals surface area contributed by atoms with Gasteiger partial charge in [0.05, 0.1) is 19.1 Å². The zero-order chi connectivity index (χ0) is 11.4. The van der Waals surface area contributed by atoms with E-state index >= 15 is 0 Å². The molecule has 0 aliphatic carbocycles. The third-order valence-corrected chi connectivity index (χ3v) is 3.54. The second kappa shape index (κ2) is 5.64. The minimum absolute atomic E-state index is 0.0839. The lowest BCUT2D eigenvalue weighted by atomic mass is 9.99. The Morgan fingerprint density at radius 1 is 1.44 bits per heavy atom. The molecule has 1 N–H and O–H groups in total. The van der Waals surface area contributed by atoms with E-state index in [-0.39, 0.29) is 12.0 Å². The van der Waals surface area contributed by atoms with Crippen molar-refractivity contribution in [1.29, 1.82) is 0 Å². The van der Waals surface area contributed by atoms with Gasteiger partial charge < -0.3 is 15.0 Å². The first-order valence-corrected chi connectivity index (χ1v) is 6.36. The van der Waals surface area contributed by atoms with Crippen molar-refractivity contribution in [2.75, 3.05) is 32.8 Å². The lowest BCUT2D eigenvalue weighted by molar-refractivity contribution is -0.136. The number of rotatable bonds is 2. The Balaban J connectivity index is 1.74. The minimum atomic E-state index is 0.0839. The molecule has 0 saturated carbocycles. The third-order valence-electron chi connectivity index (χ3n) is 3.54. The van der Waals surface area contributed by atoms with E-state index in [0.29, 0.717) is 6.42 Å². The van der Waals surface area contributed by atoms with E-state index in [4.69, 9.17) is 4.74 Å². The highest BCUT2D eigenvalue weighted by atomic mass is 16.5. The maximum absolute atomic E-state index is 12.0. The Morgan fingerprint density at radius 3 is 2.81 bits per heavy atom. The largest absolute Gasteiger partial charge is 0.375 e. The molecular weight excluding hydrogens is 204 g/mol. The number of carbonyl (C=O) groups excluding carboxylic acids is 1. The molecule has 0 aromatic heterocycles. The Labute approximate surface area is 97.3 Å². The fourth-order valence-corrected chi connectivity index (χ4v) is 2.33. The molecule has 1 amide bonds. The van der Waals surface area contributed by atoms with Crippen LogP contribution in [0.15, 0.2) is 0 Å². The first kappa shape index (κ1) is 11.9. The lowest BCUT2D eigenvalue weighted by Crippen LogP contribution is -2.44. The predicted molar refractivity (Wildman–Crippen MR) is 62.2 cm³/mol. The number of amides is 1. The van der Waals surface area contributed by atoms with Crippen molar-refractivity contribution in [3.63, 3.8) is 0 Å². The van der Waals surface area contributed by atoms with Gasteiger partial charge in [-0.2, -0.15) is 0 Å². The first-order chi connectivity index (χ1) is 7.75. The molecule has 1 unspecified atom stereocenters. The molecule has 2 rings (SSSR count). The normalized spacial score (nSPS) is 28.1. The molecular formula is C12H22N2O2. The second-order valence-electron chi connectivity index (χ2n) is 4.96. The summed E-state index contributed by atoms with van der Waals surface area (Å²) in [5, 5.41) is 3.25. The van der Waals surface area contributed by atoms with E-state index in [9.17, 15) is 4.79 Å². The Kier molecular flexibility index (Phi) is 4.18. The Hall–Kier alpha value is -0.610. The van der Waals surface area contributed by atoms with Gasteiger partial charge in [-0.25, -0.2) is 0 Å². The van der Waals surface area contributed by atoms with Gasteiger partial charge >= 0.3 is 0 Å². The van der Waals surface area contributed by atoms with Crippen molar-refractivity contribution in [1.82, 2.24) is 10.2 Å². The van der Waals surface area contributed by atoms with E-state index in [1.54, 1.807) is 0 Å². The van der Waals surface area contributed by atoms with E-state index in [1.807, 2.05) is 4.90 Å². The Morgan fingerprint density at radius 2 is 2.19 bits per heavy atom. The molecule has 2 aliphatic rings. The predicted octanol–water partition coefficient (Wildman–Crippen LogP) is 0.623. The van der Waals surface area contributed by atoms with Crippen LogP contribution in [0, 0.1) is 5.92 Å². The maximum atomic E-state index is 12.0. The minimum Gasteiger partial charge on any atom is -0.375 e. The van der Waals surface area contributed by atoms with Gasteiger partial charge in [0.1, 0.15) is 0 Å². The van der Waals surface area contributed by atoms with E-state index in [0.717, 1.165) is 51.5 Å². The summed E-state index contributed by atoms with van der Waals surface area (Å²) in [5.41, 5.74) is 0. The fourth-order valence-electron chi connectivity index (χ4n) is 2.33. The van der Waals surface area contributed by atoms with Crippen LogP contribution in [0.1, 0.15) is 26.2 Å². The molecule has 92 valence electrons. The van der Waals surface area contributed by atoms with Gasteiger partial charge in [0.25, 0.3) is 0 Å². The summed E-state index contributed by atoms with van der Waals surface area (Å²) in [6, 6.07) is 0. The lowest BCUT2D eigenvalue weighted by Gasteiger charge is -2.32. The van der Waals surface area contributed by atoms with Crippen molar-refractivity contribution in [2.24, 2.45) is 5.92 Å². The van der Waals surface area contributed by atoms with Crippen molar-refractivity contribution >= 4 is 5.91 Å². The number of hydrogen-bond donors (Lipinski definition) is 1. The van der Waals surface area contributed by atoms with Gasteiger partial charge in [-0.1, -0.05) is 6.92 Å². The van der Waals surface area contributed by atoms with Crippen LogP contribution in [-0.4, -0.2) is 49.7 Å². The summed E-state index contributed by atoms with van der Waals surface area (Å²) < 4.78 is 5.55.